The van der Waals surface area contributed by atoms with Gasteiger partial charge in [-0.3, -0.25) is 9.59 Å². The average Bonchev–Trinajstić information content (AvgIpc) is 2.68. The standard InChI is InChI=1S/C15H19NO3/c1-10-7-14(17)16(8-10)9-12-3-5-13(6-4-12)11(2)15(18)19/h3-6,10-11H,7-9H2,1-2H3,(H,18,19). The SMILES string of the molecule is CC1CC(=O)N(Cc2ccc(C(C)C(=O)O)cc2)C1. The molecule has 1 saturated heterocycles. The van der Waals surface area contributed by atoms with Crippen molar-refractivity contribution in [3.8, 4) is 0 Å². The van der Waals surface area contributed by atoms with Gasteiger partial charge in [0.2, 0.25) is 5.91 Å². The molecule has 1 aliphatic rings. The van der Waals surface area contributed by atoms with Crippen LogP contribution in [0.3, 0.4) is 0 Å². The van der Waals surface area contributed by atoms with Crippen molar-refractivity contribution >= 4 is 11.9 Å². The van der Waals surface area contributed by atoms with E-state index in [1.165, 1.54) is 0 Å². The van der Waals surface area contributed by atoms with Crippen LogP contribution >= 0.6 is 0 Å². The molecular weight excluding hydrogens is 242 g/mol. The lowest BCUT2D eigenvalue weighted by Gasteiger charge is -2.16. The Morgan fingerprint density at radius 3 is 2.53 bits per heavy atom. The lowest BCUT2D eigenvalue weighted by atomic mass is 10.00. The fourth-order valence-electron chi connectivity index (χ4n) is 2.40. The van der Waals surface area contributed by atoms with Crippen LogP contribution in [0.25, 0.3) is 0 Å². The summed E-state index contributed by atoms with van der Waals surface area (Å²) >= 11 is 0. The number of hydrogen-bond acceptors (Lipinski definition) is 2. The van der Waals surface area contributed by atoms with Crippen molar-refractivity contribution < 1.29 is 14.7 Å². The van der Waals surface area contributed by atoms with Gasteiger partial charge in [0.1, 0.15) is 0 Å². The molecule has 0 aliphatic carbocycles. The van der Waals surface area contributed by atoms with Gasteiger partial charge in [-0.05, 0) is 24.0 Å². The van der Waals surface area contributed by atoms with Crippen LogP contribution in [0.1, 0.15) is 37.3 Å². The largest absolute Gasteiger partial charge is 0.481 e. The smallest absolute Gasteiger partial charge is 0.310 e. The fraction of sp³-hybridized carbons (Fsp3) is 0.467. The molecule has 1 amide bonds. The minimum atomic E-state index is -0.823. The van der Waals surface area contributed by atoms with Crippen molar-refractivity contribution in [3.63, 3.8) is 0 Å². The Morgan fingerprint density at radius 2 is 2.05 bits per heavy atom. The molecule has 4 heteroatoms. The summed E-state index contributed by atoms with van der Waals surface area (Å²) in [4.78, 5) is 24.5. The highest BCUT2D eigenvalue weighted by Gasteiger charge is 2.26. The van der Waals surface area contributed by atoms with Crippen molar-refractivity contribution in [3.05, 3.63) is 35.4 Å². The molecule has 102 valence electrons. The van der Waals surface area contributed by atoms with Crippen molar-refractivity contribution in [2.45, 2.75) is 32.7 Å². The molecule has 0 aromatic heterocycles. The van der Waals surface area contributed by atoms with Crippen LogP contribution in [0.2, 0.25) is 0 Å². The number of likely N-dealkylation sites (tertiary alicyclic amines) is 1. The third kappa shape index (κ3) is 3.13. The van der Waals surface area contributed by atoms with Gasteiger partial charge in [-0.2, -0.15) is 0 Å². The van der Waals surface area contributed by atoms with Gasteiger partial charge in [-0.25, -0.2) is 0 Å². The summed E-state index contributed by atoms with van der Waals surface area (Å²) in [6, 6.07) is 7.48. The maximum Gasteiger partial charge on any atom is 0.310 e. The highest BCUT2D eigenvalue weighted by atomic mass is 16.4. The number of hydrogen-bond donors (Lipinski definition) is 1. The first kappa shape index (κ1) is 13.6. The van der Waals surface area contributed by atoms with E-state index in [0.29, 0.717) is 18.9 Å². The molecule has 0 radical (unpaired) electrons. The van der Waals surface area contributed by atoms with E-state index < -0.39 is 11.9 Å². The summed E-state index contributed by atoms with van der Waals surface area (Å²) in [5.41, 5.74) is 1.83. The first-order chi connectivity index (χ1) is 8.97. The quantitative estimate of drug-likeness (QED) is 0.904. The summed E-state index contributed by atoms with van der Waals surface area (Å²) < 4.78 is 0. The van der Waals surface area contributed by atoms with E-state index in [0.717, 1.165) is 17.7 Å². The molecule has 1 N–H and O–H groups in total. The van der Waals surface area contributed by atoms with E-state index >= 15 is 0 Å². The third-order valence-electron chi connectivity index (χ3n) is 3.63. The maximum atomic E-state index is 11.7. The molecule has 0 bridgehead atoms. The number of carbonyl (C=O) groups excluding carboxylic acids is 1. The minimum Gasteiger partial charge on any atom is -0.481 e. The summed E-state index contributed by atoms with van der Waals surface area (Å²) in [6.07, 6.45) is 0.633. The van der Waals surface area contributed by atoms with Gasteiger partial charge >= 0.3 is 5.97 Å². The average molecular weight is 261 g/mol. The molecule has 19 heavy (non-hydrogen) atoms. The molecule has 0 saturated carbocycles. The molecule has 1 aromatic carbocycles. The van der Waals surface area contributed by atoms with Gasteiger partial charge in [0.05, 0.1) is 5.92 Å². The van der Waals surface area contributed by atoms with Crippen LogP contribution in [0.4, 0.5) is 0 Å². The molecule has 0 spiro atoms. The van der Waals surface area contributed by atoms with Gasteiger partial charge in [-0.1, -0.05) is 31.2 Å². The first-order valence-corrected chi connectivity index (χ1v) is 6.56. The van der Waals surface area contributed by atoms with Crippen LogP contribution in [-0.2, 0) is 16.1 Å². The predicted molar refractivity (Wildman–Crippen MR) is 71.7 cm³/mol. The molecule has 1 aromatic rings. The molecule has 4 nitrogen and oxygen atoms in total. The number of carboxylic acid groups (broad SMARTS) is 1. The van der Waals surface area contributed by atoms with E-state index in [2.05, 4.69) is 6.92 Å². The van der Waals surface area contributed by atoms with E-state index in [4.69, 9.17) is 5.11 Å². The summed E-state index contributed by atoms with van der Waals surface area (Å²) in [6.45, 7) is 5.18. The van der Waals surface area contributed by atoms with Crippen LogP contribution in [0, 0.1) is 5.92 Å². The second kappa shape index (κ2) is 5.43. The predicted octanol–water partition coefficient (Wildman–Crippen LogP) is 2.24. The molecule has 1 heterocycles. The molecule has 2 rings (SSSR count). The number of carboxylic acids is 1. The van der Waals surface area contributed by atoms with Gasteiger partial charge in [0, 0.05) is 19.5 Å². The zero-order chi connectivity index (χ0) is 14.0. The van der Waals surface area contributed by atoms with Crippen molar-refractivity contribution in [2.24, 2.45) is 5.92 Å². The highest BCUT2D eigenvalue weighted by Crippen LogP contribution is 2.21. The van der Waals surface area contributed by atoms with Crippen LogP contribution in [-0.4, -0.2) is 28.4 Å². The Bertz CT molecular complexity index is 481. The number of carbonyl (C=O) groups is 2. The molecular formula is C15H19NO3. The highest BCUT2D eigenvalue weighted by molar-refractivity contribution is 5.78. The fourth-order valence-corrected chi connectivity index (χ4v) is 2.40. The molecule has 2 unspecified atom stereocenters. The summed E-state index contributed by atoms with van der Waals surface area (Å²) in [5, 5.41) is 8.95. The summed E-state index contributed by atoms with van der Waals surface area (Å²) in [5.74, 6) is -0.687. The van der Waals surface area contributed by atoms with E-state index in [9.17, 15) is 9.59 Å². The zero-order valence-electron chi connectivity index (χ0n) is 11.3. The lowest BCUT2D eigenvalue weighted by molar-refractivity contribution is -0.138. The van der Waals surface area contributed by atoms with Crippen molar-refractivity contribution in [1.82, 2.24) is 4.90 Å². The lowest BCUT2D eigenvalue weighted by Crippen LogP contribution is -2.24. The van der Waals surface area contributed by atoms with E-state index in [-0.39, 0.29) is 5.91 Å². The normalized spacial score (nSPS) is 20.6. The van der Waals surface area contributed by atoms with Gasteiger partial charge < -0.3 is 10.0 Å². The number of amides is 1. The number of rotatable bonds is 4. The Morgan fingerprint density at radius 1 is 1.42 bits per heavy atom. The van der Waals surface area contributed by atoms with Crippen LogP contribution in [0.5, 0.6) is 0 Å². The molecule has 1 aliphatic heterocycles. The third-order valence-corrected chi connectivity index (χ3v) is 3.63. The summed E-state index contributed by atoms with van der Waals surface area (Å²) in [7, 11) is 0. The Balaban J connectivity index is 2.03. The van der Waals surface area contributed by atoms with Gasteiger partial charge in [0.15, 0.2) is 0 Å². The zero-order valence-corrected chi connectivity index (χ0v) is 11.3. The first-order valence-electron chi connectivity index (χ1n) is 6.56. The number of benzene rings is 1. The van der Waals surface area contributed by atoms with Crippen LogP contribution < -0.4 is 0 Å². The topological polar surface area (TPSA) is 57.6 Å². The second-order valence-corrected chi connectivity index (χ2v) is 5.39. The van der Waals surface area contributed by atoms with E-state index in [1.54, 1.807) is 6.92 Å². The molecule has 1 fully saturated rings. The maximum absolute atomic E-state index is 11.7. The monoisotopic (exact) mass is 261 g/mol. The second-order valence-electron chi connectivity index (χ2n) is 5.39. The van der Waals surface area contributed by atoms with Crippen molar-refractivity contribution in [1.29, 1.82) is 0 Å². The van der Waals surface area contributed by atoms with Crippen molar-refractivity contribution in [2.75, 3.05) is 6.54 Å². The Kier molecular flexibility index (Phi) is 3.88. The number of aliphatic carboxylic acids is 1. The minimum absolute atomic E-state index is 0.204. The van der Waals surface area contributed by atoms with Gasteiger partial charge in [-0.15, -0.1) is 0 Å². The van der Waals surface area contributed by atoms with Crippen LogP contribution in [0.15, 0.2) is 24.3 Å². The van der Waals surface area contributed by atoms with E-state index in [1.807, 2.05) is 29.2 Å². The Labute approximate surface area is 113 Å². The molecule has 2 atom stereocenters. The Hall–Kier alpha value is -1.84. The number of nitrogens with zero attached hydrogens (tertiary/aromatic N) is 1. The van der Waals surface area contributed by atoms with Gasteiger partial charge in [0.25, 0.3) is 0 Å².